The predicted octanol–water partition coefficient (Wildman–Crippen LogP) is 2.33. The molecule has 0 aliphatic rings. The van der Waals surface area contributed by atoms with Gasteiger partial charge in [0, 0.05) is 9.77 Å². The van der Waals surface area contributed by atoms with Crippen molar-refractivity contribution in [3.05, 3.63) is 27.1 Å². The molecular formula is C8H5F3INO2. The molecule has 7 heteroatoms. The van der Waals surface area contributed by atoms with Crippen LogP contribution in [0, 0.1) is 3.57 Å². The van der Waals surface area contributed by atoms with E-state index in [0.717, 1.165) is 6.20 Å². The van der Waals surface area contributed by atoms with E-state index in [0.29, 0.717) is 0 Å². The lowest BCUT2D eigenvalue weighted by Gasteiger charge is -2.08. The smallest absolute Gasteiger partial charge is 0.434 e. The molecule has 1 N–H and O–H groups in total. The first-order chi connectivity index (χ1) is 6.80. The molecule has 0 amide bonds. The van der Waals surface area contributed by atoms with Crippen LogP contribution in [0.15, 0.2) is 12.3 Å². The monoisotopic (exact) mass is 331 g/mol. The van der Waals surface area contributed by atoms with E-state index in [-0.39, 0.29) is 15.6 Å². The quantitative estimate of drug-likeness (QED) is 0.847. The van der Waals surface area contributed by atoms with Crippen LogP contribution in [-0.2, 0) is 17.4 Å². The average Bonchev–Trinajstić information content (AvgIpc) is 1.99. The Hall–Kier alpha value is -0.860. The van der Waals surface area contributed by atoms with Crippen LogP contribution in [0.1, 0.15) is 11.3 Å². The highest BCUT2D eigenvalue weighted by molar-refractivity contribution is 14.1. The van der Waals surface area contributed by atoms with E-state index in [4.69, 9.17) is 5.11 Å². The van der Waals surface area contributed by atoms with E-state index in [9.17, 15) is 18.0 Å². The van der Waals surface area contributed by atoms with Gasteiger partial charge in [0.25, 0.3) is 0 Å². The van der Waals surface area contributed by atoms with Gasteiger partial charge in [0.2, 0.25) is 0 Å². The Labute approximate surface area is 96.5 Å². The molecule has 0 radical (unpaired) electrons. The normalized spacial score (nSPS) is 11.5. The van der Waals surface area contributed by atoms with Crippen LogP contribution in [0.4, 0.5) is 13.2 Å². The van der Waals surface area contributed by atoms with E-state index >= 15 is 0 Å². The minimum Gasteiger partial charge on any atom is -0.481 e. The number of aromatic nitrogens is 1. The molecule has 0 atom stereocenters. The SMILES string of the molecule is O=C(O)Cc1cnc(C(F)(F)F)c(I)c1. The maximum atomic E-state index is 12.3. The average molecular weight is 331 g/mol. The van der Waals surface area contributed by atoms with Crippen LogP contribution < -0.4 is 0 Å². The van der Waals surface area contributed by atoms with Crippen molar-refractivity contribution in [3.8, 4) is 0 Å². The summed E-state index contributed by atoms with van der Waals surface area (Å²) in [6.45, 7) is 0. The highest BCUT2D eigenvalue weighted by Gasteiger charge is 2.34. The summed E-state index contributed by atoms with van der Waals surface area (Å²) >= 11 is 1.48. The van der Waals surface area contributed by atoms with Crippen LogP contribution in [-0.4, -0.2) is 16.1 Å². The van der Waals surface area contributed by atoms with Gasteiger partial charge in [-0.25, -0.2) is 0 Å². The summed E-state index contributed by atoms with van der Waals surface area (Å²) in [5.41, 5.74) is -0.739. The first-order valence-electron chi connectivity index (χ1n) is 3.74. The largest absolute Gasteiger partial charge is 0.481 e. The molecule has 0 aliphatic carbocycles. The van der Waals surface area contributed by atoms with Gasteiger partial charge in [-0.3, -0.25) is 9.78 Å². The molecule has 15 heavy (non-hydrogen) atoms. The molecule has 0 saturated carbocycles. The van der Waals surface area contributed by atoms with Crippen LogP contribution >= 0.6 is 22.6 Å². The van der Waals surface area contributed by atoms with Gasteiger partial charge in [-0.2, -0.15) is 13.2 Å². The van der Waals surface area contributed by atoms with Gasteiger partial charge in [0.1, 0.15) is 0 Å². The van der Waals surface area contributed by atoms with Crippen molar-refractivity contribution < 1.29 is 23.1 Å². The highest BCUT2D eigenvalue weighted by atomic mass is 127. The summed E-state index contributed by atoms with van der Waals surface area (Å²) in [5, 5.41) is 8.43. The number of halogens is 4. The minimum absolute atomic E-state index is 0.0983. The molecule has 0 aliphatic heterocycles. The molecule has 1 aromatic heterocycles. The first kappa shape index (κ1) is 12.2. The lowest BCUT2D eigenvalue weighted by Crippen LogP contribution is -2.11. The lowest BCUT2D eigenvalue weighted by molar-refractivity contribution is -0.141. The summed E-state index contributed by atoms with van der Waals surface area (Å²) < 4.78 is 36.7. The molecule has 1 heterocycles. The maximum absolute atomic E-state index is 12.3. The third-order valence-electron chi connectivity index (χ3n) is 1.52. The molecular weight excluding hydrogens is 326 g/mol. The molecule has 82 valence electrons. The van der Waals surface area contributed by atoms with E-state index < -0.39 is 17.8 Å². The van der Waals surface area contributed by atoms with Crippen LogP contribution in [0.3, 0.4) is 0 Å². The number of hydrogen-bond acceptors (Lipinski definition) is 2. The minimum atomic E-state index is -4.50. The Morgan fingerprint density at radius 3 is 2.53 bits per heavy atom. The second-order valence-electron chi connectivity index (χ2n) is 2.74. The van der Waals surface area contributed by atoms with Crippen molar-refractivity contribution in [2.45, 2.75) is 12.6 Å². The Morgan fingerprint density at radius 1 is 1.53 bits per heavy atom. The second kappa shape index (κ2) is 4.33. The Bertz CT molecular complexity index is 392. The van der Waals surface area contributed by atoms with Gasteiger partial charge in [0.05, 0.1) is 6.42 Å². The van der Waals surface area contributed by atoms with Crippen molar-refractivity contribution in [2.75, 3.05) is 0 Å². The third kappa shape index (κ3) is 3.33. The molecule has 0 bridgehead atoms. The van der Waals surface area contributed by atoms with Gasteiger partial charge in [-0.1, -0.05) is 0 Å². The second-order valence-corrected chi connectivity index (χ2v) is 3.90. The lowest BCUT2D eigenvalue weighted by atomic mass is 10.2. The number of hydrogen-bond donors (Lipinski definition) is 1. The van der Waals surface area contributed by atoms with E-state index in [1.54, 1.807) is 0 Å². The van der Waals surface area contributed by atoms with Crippen LogP contribution in [0.2, 0.25) is 0 Å². The number of carbonyl (C=O) groups is 1. The van der Waals surface area contributed by atoms with Gasteiger partial charge >= 0.3 is 12.1 Å². The molecule has 1 aromatic rings. The Morgan fingerprint density at radius 2 is 2.13 bits per heavy atom. The molecule has 0 aromatic carbocycles. The molecule has 0 spiro atoms. The Balaban J connectivity index is 3.04. The standard InChI is InChI=1S/C8H5F3INO2/c9-8(10,11)7-5(12)1-4(3-13-7)2-6(14)15/h1,3H,2H2,(H,14,15). The number of carboxylic acids is 1. The molecule has 1 rings (SSSR count). The fraction of sp³-hybridized carbons (Fsp3) is 0.250. The predicted molar refractivity (Wildman–Crippen MR) is 53.3 cm³/mol. The maximum Gasteiger partial charge on any atom is 0.434 e. The molecule has 0 saturated heterocycles. The van der Waals surface area contributed by atoms with Crippen LogP contribution in [0.25, 0.3) is 0 Å². The fourth-order valence-corrected chi connectivity index (χ4v) is 1.80. The zero-order chi connectivity index (χ0) is 11.6. The van der Waals surface area contributed by atoms with Crippen LogP contribution in [0.5, 0.6) is 0 Å². The number of carboxylic acid groups (broad SMARTS) is 1. The Kier molecular flexibility index (Phi) is 3.53. The van der Waals surface area contributed by atoms with E-state index in [2.05, 4.69) is 4.98 Å². The summed E-state index contributed by atoms with van der Waals surface area (Å²) in [5.74, 6) is -1.10. The van der Waals surface area contributed by atoms with Crippen molar-refractivity contribution in [1.29, 1.82) is 0 Å². The summed E-state index contributed by atoms with van der Waals surface area (Å²) in [7, 11) is 0. The van der Waals surface area contributed by atoms with E-state index in [1.807, 2.05) is 0 Å². The molecule has 0 unspecified atom stereocenters. The van der Waals surface area contributed by atoms with Gasteiger partial charge < -0.3 is 5.11 Å². The fourth-order valence-electron chi connectivity index (χ4n) is 0.957. The number of nitrogens with zero attached hydrogens (tertiary/aromatic N) is 1. The van der Waals surface area contributed by atoms with Crippen molar-refractivity contribution in [2.24, 2.45) is 0 Å². The van der Waals surface area contributed by atoms with Gasteiger partial charge in [0.15, 0.2) is 5.69 Å². The number of aliphatic carboxylic acids is 1. The zero-order valence-corrected chi connectivity index (χ0v) is 9.33. The summed E-state index contributed by atoms with van der Waals surface area (Å²) in [6.07, 6.45) is -3.90. The van der Waals surface area contributed by atoms with Crippen molar-refractivity contribution >= 4 is 28.6 Å². The third-order valence-corrected chi connectivity index (χ3v) is 2.34. The molecule has 3 nitrogen and oxygen atoms in total. The summed E-state index contributed by atoms with van der Waals surface area (Å²) in [4.78, 5) is 13.5. The highest BCUT2D eigenvalue weighted by Crippen LogP contribution is 2.31. The van der Waals surface area contributed by atoms with Gasteiger partial charge in [-0.05, 0) is 34.2 Å². The van der Waals surface area contributed by atoms with Gasteiger partial charge in [-0.15, -0.1) is 0 Å². The van der Waals surface area contributed by atoms with E-state index in [1.165, 1.54) is 28.7 Å². The number of alkyl halides is 3. The topological polar surface area (TPSA) is 50.2 Å². The number of pyridine rings is 1. The zero-order valence-electron chi connectivity index (χ0n) is 7.18. The van der Waals surface area contributed by atoms with Crippen molar-refractivity contribution in [3.63, 3.8) is 0 Å². The number of rotatable bonds is 2. The summed E-state index contributed by atoms with van der Waals surface area (Å²) in [6, 6.07) is 1.17. The van der Waals surface area contributed by atoms with Crippen molar-refractivity contribution in [1.82, 2.24) is 4.98 Å². The molecule has 0 fully saturated rings. The first-order valence-corrected chi connectivity index (χ1v) is 4.82.